The lowest BCUT2D eigenvalue weighted by molar-refractivity contribution is -0.122. The number of thiocarbonyl (C=S) groups is 1. The summed E-state index contributed by atoms with van der Waals surface area (Å²) in [6.45, 7) is 2.03. The van der Waals surface area contributed by atoms with Crippen LogP contribution >= 0.6 is 35.3 Å². The number of para-hydroxylation sites is 1. The van der Waals surface area contributed by atoms with E-state index in [0.717, 1.165) is 15.4 Å². The first-order valence-corrected chi connectivity index (χ1v) is 14.0. The van der Waals surface area contributed by atoms with E-state index < -0.39 is 11.8 Å². The molecule has 2 amide bonds. The van der Waals surface area contributed by atoms with Crippen LogP contribution in [0.25, 0.3) is 11.0 Å². The zero-order valence-electron chi connectivity index (χ0n) is 20.5. The molecule has 0 aliphatic carbocycles. The number of nitrogens with zero attached hydrogens (tertiary/aromatic N) is 3. The normalized spacial score (nSPS) is 14.7. The van der Waals surface area contributed by atoms with E-state index in [1.807, 2.05) is 77.5 Å². The van der Waals surface area contributed by atoms with E-state index in [4.69, 9.17) is 21.9 Å². The molecule has 2 aromatic heterocycles. The zero-order chi connectivity index (χ0) is 26.9. The quantitative estimate of drug-likeness (QED) is 0.144. The Morgan fingerprint density at radius 2 is 1.69 bits per heavy atom. The molecule has 39 heavy (non-hydrogen) atoms. The van der Waals surface area contributed by atoms with Crippen LogP contribution < -0.4 is 15.0 Å². The zero-order valence-corrected chi connectivity index (χ0v) is 23.0. The van der Waals surface area contributed by atoms with Gasteiger partial charge in [0.15, 0.2) is 10.1 Å². The molecule has 1 N–H and O–H groups in total. The lowest BCUT2D eigenvalue weighted by atomic mass is 10.1. The van der Waals surface area contributed by atoms with Crippen molar-refractivity contribution >= 4 is 69.0 Å². The monoisotopic (exact) mass is 568 g/mol. The van der Waals surface area contributed by atoms with Crippen molar-refractivity contribution in [1.82, 2.24) is 14.7 Å². The van der Waals surface area contributed by atoms with Gasteiger partial charge in [0, 0.05) is 16.5 Å². The highest BCUT2D eigenvalue weighted by Gasteiger charge is 2.35. The molecule has 7 nitrogen and oxygen atoms in total. The fourth-order valence-electron chi connectivity index (χ4n) is 4.02. The highest BCUT2D eigenvalue weighted by atomic mass is 32.2. The number of carbonyl (C=O) groups excluding carboxylic acids is 2. The first kappa shape index (κ1) is 25.1. The Bertz CT molecular complexity index is 1740. The van der Waals surface area contributed by atoms with Gasteiger partial charge in [-0.3, -0.25) is 24.2 Å². The van der Waals surface area contributed by atoms with Crippen LogP contribution in [0.1, 0.15) is 11.3 Å². The Morgan fingerprint density at radius 1 is 0.974 bits per heavy atom. The highest BCUT2D eigenvalue weighted by Crippen LogP contribution is 2.34. The van der Waals surface area contributed by atoms with E-state index in [2.05, 4.69) is 5.32 Å². The average Bonchev–Trinajstić information content (AvgIpc) is 3.51. The van der Waals surface area contributed by atoms with Crippen LogP contribution in [-0.4, -0.2) is 26.3 Å². The number of thiazole rings is 1. The van der Waals surface area contributed by atoms with Gasteiger partial charge < -0.3 is 4.74 Å². The summed E-state index contributed by atoms with van der Waals surface area (Å²) in [4.78, 5) is 34.5. The Morgan fingerprint density at radius 3 is 2.44 bits per heavy atom. The number of benzene rings is 3. The summed E-state index contributed by atoms with van der Waals surface area (Å²) in [7, 11) is 0. The molecule has 0 radical (unpaired) electrons. The fraction of sp³-hybridized carbons (Fsp3) is 0.0345. The van der Waals surface area contributed by atoms with Crippen molar-refractivity contribution in [1.29, 1.82) is 0 Å². The fourth-order valence-corrected chi connectivity index (χ4v) is 5.97. The number of nitrogens with one attached hydrogen (secondary N) is 1. The Kier molecular flexibility index (Phi) is 6.74. The molecule has 1 aliphatic heterocycles. The summed E-state index contributed by atoms with van der Waals surface area (Å²) in [5.74, 6) is 0.239. The predicted molar refractivity (Wildman–Crippen MR) is 158 cm³/mol. The number of imidazole rings is 1. The first-order valence-electron chi connectivity index (χ1n) is 11.9. The van der Waals surface area contributed by atoms with Gasteiger partial charge in [0.1, 0.15) is 22.1 Å². The lowest BCUT2D eigenvalue weighted by Gasteiger charge is -2.29. The maximum atomic E-state index is 13.7. The molecule has 3 heterocycles. The number of aryl methyl sites for hydroxylation is 1. The molecule has 0 spiro atoms. The van der Waals surface area contributed by atoms with Crippen LogP contribution in [0, 0.1) is 6.92 Å². The Labute approximate surface area is 237 Å². The molecule has 1 saturated heterocycles. The molecule has 1 fully saturated rings. The minimum absolute atomic E-state index is 0.0158. The summed E-state index contributed by atoms with van der Waals surface area (Å²) in [5, 5.41) is 5.28. The van der Waals surface area contributed by atoms with Crippen molar-refractivity contribution in [2.75, 3.05) is 4.90 Å². The van der Waals surface area contributed by atoms with Crippen LogP contribution in [0.2, 0.25) is 0 Å². The second kappa shape index (κ2) is 10.5. The summed E-state index contributed by atoms with van der Waals surface area (Å²) >= 11 is 8.34. The number of amides is 2. The second-order valence-electron chi connectivity index (χ2n) is 8.64. The lowest BCUT2D eigenvalue weighted by Crippen LogP contribution is -2.54. The minimum Gasteiger partial charge on any atom is -0.457 e. The molecule has 0 bridgehead atoms. The Hall–Kier alpha value is -4.25. The standard InChI is InChI=1S/C29H20N4O3S3/c1-18-7-13-22(14-8-18)39-26-24(32-15-16-38-29(32)31-26)17-23-25(34)30-28(37)33(27(23)35)19-9-11-21(12-10-19)36-20-5-3-2-4-6-20/h2-17H,1H3,(H,30,34,37)/b23-17+. The SMILES string of the molecule is Cc1ccc(Sc2nc3sccn3c2/C=C2\C(=O)NC(=S)N(c3ccc(Oc4ccccc4)cc3)C2=O)cc1. The van der Waals surface area contributed by atoms with Gasteiger partial charge >= 0.3 is 0 Å². The van der Waals surface area contributed by atoms with E-state index in [0.29, 0.717) is 27.9 Å². The van der Waals surface area contributed by atoms with E-state index in [-0.39, 0.29) is 10.7 Å². The number of hydrogen-bond acceptors (Lipinski definition) is 7. The molecule has 0 atom stereocenters. The van der Waals surface area contributed by atoms with Crippen LogP contribution in [0.15, 0.2) is 106 Å². The van der Waals surface area contributed by atoms with Crippen molar-refractivity contribution in [2.45, 2.75) is 16.8 Å². The highest BCUT2D eigenvalue weighted by molar-refractivity contribution is 7.99. The van der Waals surface area contributed by atoms with Gasteiger partial charge in [0.2, 0.25) is 0 Å². The van der Waals surface area contributed by atoms with Gasteiger partial charge in [0.05, 0.1) is 11.4 Å². The van der Waals surface area contributed by atoms with Crippen molar-refractivity contribution in [3.05, 3.63) is 107 Å². The molecule has 0 unspecified atom stereocenters. The van der Waals surface area contributed by atoms with Gasteiger partial charge in [-0.25, -0.2) is 4.98 Å². The van der Waals surface area contributed by atoms with Crippen LogP contribution in [0.3, 0.4) is 0 Å². The van der Waals surface area contributed by atoms with Crippen molar-refractivity contribution in [3.63, 3.8) is 0 Å². The van der Waals surface area contributed by atoms with Gasteiger partial charge in [0.25, 0.3) is 11.8 Å². The minimum atomic E-state index is -0.554. The first-order chi connectivity index (χ1) is 19.0. The smallest absolute Gasteiger partial charge is 0.270 e. The summed E-state index contributed by atoms with van der Waals surface area (Å²) in [6, 6.07) is 24.5. The van der Waals surface area contributed by atoms with Gasteiger partial charge in [-0.1, -0.05) is 47.7 Å². The maximum absolute atomic E-state index is 13.7. The molecule has 6 rings (SSSR count). The summed E-state index contributed by atoms with van der Waals surface area (Å²) in [5.41, 5.74) is 2.29. The number of anilines is 1. The van der Waals surface area contributed by atoms with Crippen LogP contribution in [0.5, 0.6) is 11.5 Å². The number of fused-ring (bicyclic) bond motifs is 1. The molecule has 192 valence electrons. The van der Waals surface area contributed by atoms with Gasteiger partial charge in [-0.15, -0.1) is 11.3 Å². The molecule has 0 saturated carbocycles. The van der Waals surface area contributed by atoms with E-state index in [9.17, 15) is 9.59 Å². The molecule has 3 aromatic carbocycles. The average molecular weight is 569 g/mol. The largest absolute Gasteiger partial charge is 0.457 e. The van der Waals surface area contributed by atoms with E-state index in [1.54, 1.807) is 30.3 Å². The van der Waals surface area contributed by atoms with Gasteiger partial charge in [-0.2, -0.15) is 0 Å². The molecule has 5 aromatic rings. The number of rotatable bonds is 6. The molecular formula is C29H20N4O3S3. The number of aromatic nitrogens is 2. The number of carbonyl (C=O) groups is 2. The predicted octanol–water partition coefficient (Wildman–Crippen LogP) is 6.48. The molecule has 1 aliphatic rings. The second-order valence-corrected chi connectivity index (χ2v) is 11.0. The van der Waals surface area contributed by atoms with E-state index >= 15 is 0 Å². The maximum Gasteiger partial charge on any atom is 0.270 e. The number of hydrogen-bond donors (Lipinski definition) is 1. The third-order valence-electron chi connectivity index (χ3n) is 5.96. The topological polar surface area (TPSA) is 75.9 Å². The van der Waals surface area contributed by atoms with Crippen molar-refractivity contribution < 1.29 is 14.3 Å². The van der Waals surface area contributed by atoms with Crippen LogP contribution in [-0.2, 0) is 9.59 Å². The van der Waals surface area contributed by atoms with E-state index in [1.165, 1.54) is 28.0 Å². The van der Waals surface area contributed by atoms with Crippen molar-refractivity contribution in [3.8, 4) is 11.5 Å². The molecular weight excluding hydrogens is 549 g/mol. The van der Waals surface area contributed by atoms with Gasteiger partial charge in [-0.05, 0) is 73.7 Å². The Balaban J connectivity index is 1.32. The van der Waals surface area contributed by atoms with Crippen molar-refractivity contribution in [2.24, 2.45) is 0 Å². The number of ether oxygens (including phenoxy) is 1. The van der Waals surface area contributed by atoms with Crippen LogP contribution in [0.4, 0.5) is 5.69 Å². The summed E-state index contributed by atoms with van der Waals surface area (Å²) < 4.78 is 7.73. The third-order valence-corrected chi connectivity index (χ3v) is 8.00. The third kappa shape index (κ3) is 5.09. The summed E-state index contributed by atoms with van der Waals surface area (Å²) in [6.07, 6.45) is 3.46. The molecule has 10 heteroatoms.